The number of rotatable bonds is 8. The lowest BCUT2D eigenvalue weighted by Gasteiger charge is -2.16. The number of anilines is 1. The number of hydrogen-bond donors (Lipinski definition) is 1. The fourth-order valence-corrected chi connectivity index (χ4v) is 4.78. The summed E-state index contributed by atoms with van der Waals surface area (Å²) in [5.74, 6) is 0.384. The monoisotopic (exact) mass is 501 g/mol. The van der Waals surface area contributed by atoms with Gasteiger partial charge in [-0.2, -0.15) is 0 Å². The molecule has 1 unspecified atom stereocenters. The van der Waals surface area contributed by atoms with Crippen molar-refractivity contribution in [1.82, 2.24) is 0 Å². The summed E-state index contributed by atoms with van der Waals surface area (Å²) in [6, 6.07) is 11.0. The van der Waals surface area contributed by atoms with Crippen LogP contribution in [0.1, 0.15) is 40.2 Å². The van der Waals surface area contributed by atoms with E-state index in [4.69, 9.17) is 25.8 Å². The first-order valence-electron chi connectivity index (χ1n) is 10.8. The highest BCUT2D eigenvalue weighted by Gasteiger charge is 2.27. The van der Waals surface area contributed by atoms with Crippen LogP contribution in [0.3, 0.4) is 0 Å². The molecule has 180 valence electrons. The minimum Gasteiger partial charge on any atom is -0.494 e. The summed E-state index contributed by atoms with van der Waals surface area (Å²) in [5, 5.41) is 3.94. The van der Waals surface area contributed by atoms with Crippen LogP contribution in [0.5, 0.6) is 11.5 Å². The Morgan fingerprint density at radius 3 is 2.24 bits per heavy atom. The van der Waals surface area contributed by atoms with Crippen LogP contribution in [0.15, 0.2) is 36.4 Å². The molecule has 0 fully saturated rings. The molecule has 1 atom stereocenters. The van der Waals surface area contributed by atoms with Crippen molar-refractivity contribution in [2.24, 2.45) is 0 Å². The Bertz CT molecular complexity index is 1180. The highest BCUT2D eigenvalue weighted by Crippen LogP contribution is 2.41. The molecule has 34 heavy (non-hydrogen) atoms. The van der Waals surface area contributed by atoms with Crippen LogP contribution >= 0.6 is 22.9 Å². The average Bonchev–Trinajstić information content (AvgIpc) is 3.12. The molecule has 0 aliphatic carbocycles. The third-order valence-corrected chi connectivity index (χ3v) is 6.87. The van der Waals surface area contributed by atoms with E-state index >= 15 is 0 Å². The number of carbonyl (C=O) groups excluding carboxylic acids is 2. The zero-order chi connectivity index (χ0) is 25.0. The number of hydrogen-bond acceptors (Lipinski definition) is 6. The third-order valence-electron chi connectivity index (χ3n) is 5.26. The van der Waals surface area contributed by atoms with E-state index in [1.807, 2.05) is 52.0 Å². The van der Waals surface area contributed by atoms with Crippen molar-refractivity contribution in [3.05, 3.63) is 63.0 Å². The van der Waals surface area contributed by atoms with Crippen LogP contribution in [-0.2, 0) is 9.53 Å². The van der Waals surface area contributed by atoms with E-state index in [9.17, 15) is 9.59 Å². The lowest BCUT2D eigenvalue weighted by atomic mass is 10.0. The van der Waals surface area contributed by atoms with Crippen LogP contribution in [0, 0.1) is 20.8 Å². The molecule has 1 heterocycles. The molecule has 3 rings (SSSR count). The smallest absolute Gasteiger partial charge is 0.341 e. The maximum Gasteiger partial charge on any atom is 0.341 e. The number of thiophene rings is 1. The molecule has 6 nitrogen and oxygen atoms in total. The summed E-state index contributed by atoms with van der Waals surface area (Å²) in [5.41, 5.74) is 3.59. The molecular formula is C26H28ClNO5S. The number of nitrogens with one attached hydrogen (secondary N) is 1. The molecule has 0 aliphatic rings. The molecule has 1 aromatic heterocycles. The second kappa shape index (κ2) is 10.9. The summed E-state index contributed by atoms with van der Waals surface area (Å²) in [6.45, 7) is 9.80. The van der Waals surface area contributed by atoms with E-state index in [-0.39, 0.29) is 5.91 Å². The molecule has 1 amide bonds. The van der Waals surface area contributed by atoms with Gasteiger partial charge in [-0.05, 0) is 75.6 Å². The van der Waals surface area contributed by atoms with Gasteiger partial charge in [0.1, 0.15) is 22.1 Å². The second-order valence-electron chi connectivity index (χ2n) is 7.81. The first-order chi connectivity index (χ1) is 16.2. The van der Waals surface area contributed by atoms with Crippen LogP contribution in [0.4, 0.5) is 5.00 Å². The van der Waals surface area contributed by atoms with Crippen LogP contribution in [-0.4, -0.2) is 31.7 Å². The van der Waals surface area contributed by atoms with Gasteiger partial charge < -0.3 is 19.5 Å². The van der Waals surface area contributed by atoms with Gasteiger partial charge in [-0.3, -0.25) is 4.79 Å². The van der Waals surface area contributed by atoms with Crippen molar-refractivity contribution < 1.29 is 23.8 Å². The first kappa shape index (κ1) is 25.6. The SMILES string of the molecule is CCOc1ccc(-c2c(C)sc(NC(=O)C(C)Oc3cc(C)c(Cl)c(C)c3)c2C(=O)OC)cc1. The fraction of sp³-hybridized carbons (Fsp3) is 0.308. The molecular weight excluding hydrogens is 474 g/mol. The van der Waals surface area contributed by atoms with Gasteiger partial charge in [0, 0.05) is 15.5 Å². The summed E-state index contributed by atoms with van der Waals surface area (Å²) < 4.78 is 16.4. The molecule has 8 heteroatoms. The van der Waals surface area contributed by atoms with Crippen molar-refractivity contribution in [2.75, 3.05) is 19.0 Å². The normalized spacial score (nSPS) is 11.6. The van der Waals surface area contributed by atoms with Crippen LogP contribution in [0.2, 0.25) is 5.02 Å². The number of halogens is 1. The van der Waals surface area contributed by atoms with Gasteiger partial charge in [0.2, 0.25) is 0 Å². The molecule has 3 aromatic rings. The maximum atomic E-state index is 13.0. The van der Waals surface area contributed by atoms with Crippen LogP contribution < -0.4 is 14.8 Å². The molecule has 0 spiro atoms. The van der Waals surface area contributed by atoms with Gasteiger partial charge in [-0.1, -0.05) is 23.7 Å². The van der Waals surface area contributed by atoms with E-state index in [0.717, 1.165) is 27.3 Å². The molecule has 0 aliphatic heterocycles. The highest BCUT2D eigenvalue weighted by atomic mass is 35.5. The number of ether oxygens (including phenoxy) is 3. The Kier molecular flexibility index (Phi) is 8.23. The van der Waals surface area contributed by atoms with Crippen molar-refractivity contribution >= 4 is 39.8 Å². The number of aryl methyl sites for hydroxylation is 3. The highest BCUT2D eigenvalue weighted by molar-refractivity contribution is 7.17. The van der Waals surface area contributed by atoms with E-state index in [1.54, 1.807) is 19.1 Å². The number of carbonyl (C=O) groups is 2. The first-order valence-corrected chi connectivity index (χ1v) is 12.0. The van der Waals surface area contributed by atoms with E-state index in [1.165, 1.54) is 18.4 Å². The average molecular weight is 502 g/mol. The Hall–Kier alpha value is -3.03. The Morgan fingerprint density at radius 2 is 1.68 bits per heavy atom. The lowest BCUT2D eigenvalue weighted by Crippen LogP contribution is -2.30. The topological polar surface area (TPSA) is 73.9 Å². The zero-order valence-corrected chi connectivity index (χ0v) is 21.6. The Labute approximate surface area is 208 Å². The Morgan fingerprint density at radius 1 is 1.06 bits per heavy atom. The summed E-state index contributed by atoms with van der Waals surface area (Å²) in [7, 11) is 1.32. The van der Waals surface area contributed by atoms with Gasteiger partial charge in [-0.15, -0.1) is 11.3 Å². The molecule has 2 aromatic carbocycles. The maximum absolute atomic E-state index is 13.0. The lowest BCUT2D eigenvalue weighted by molar-refractivity contribution is -0.122. The Balaban J connectivity index is 1.88. The van der Waals surface area contributed by atoms with Crippen LogP contribution in [0.25, 0.3) is 11.1 Å². The molecule has 1 N–H and O–H groups in total. The predicted octanol–water partition coefficient (Wildman–Crippen LogP) is 6.59. The van der Waals surface area contributed by atoms with E-state index in [2.05, 4.69) is 5.32 Å². The minimum absolute atomic E-state index is 0.313. The predicted molar refractivity (Wildman–Crippen MR) is 137 cm³/mol. The van der Waals surface area contributed by atoms with Gasteiger partial charge in [0.25, 0.3) is 5.91 Å². The van der Waals surface area contributed by atoms with E-state index < -0.39 is 12.1 Å². The van der Waals surface area contributed by atoms with Gasteiger partial charge >= 0.3 is 5.97 Å². The molecule has 0 radical (unpaired) electrons. The van der Waals surface area contributed by atoms with Gasteiger partial charge in [-0.25, -0.2) is 4.79 Å². The second-order valence-corrected chi connectivity index (χ2v) is 9.41. The van der Waals surface area contributed by atoms with E-state index in [0.29, 0.717) is 33.5 Å². The van der Waals surface area contributed by atoms with Crippen molar-refractivity contribution in [3.8, 4) is 22.6 Å². The number of methoxy groups -OCH3 is 1. The summed E-state index contributed by atoms with van der Waals surface area (Å²) in [4.78, 5) is 26.6. The van der Waals surface area contributed by atoms with Crippen molar-refractivity contribution in [2.45, 2.75) is 40.7 Å². The molecule has 0 saturated carbocycles. The minimum atomic E-state index is -0.804. The number of benzene rings is 2. The number of esters is 1. The van der Waals surface area contributed by atoms with Gasteiger partial charge in [0.05, 0.1) is 13.7 Å². The quantitative estimate of drug-likeness (QED) is 0.353. The van der Waals surface area contributed by atoms with Crippen molar-refractivity contribution in [1.29, 1.82) is 0 Å². The third kappa shape index (κ3) is 5.54. The summed E-state index contributed by atoms with van der Waals surface area (Å²) >= 11 is 7.54. The standard InChI is InChI=1S/C26H28ClNO5S/c1-7-32-19-10-8-18(9-11-19)21-17(5)34-25(22(21)26(30)31-6)28-24(29)16(4)33-20-12-14(2)23(27)15(3)13-20/h8-13,16H,7H2,1-6H3,(H,28,29). The largest absolute Gasteiger partial charge is 0.494 e. The van der Waals surface area contributed by atoms with Gasteiger partial charge in [0.15, 0.2) is 6.10 Å². The molecule has 0 saturated heterocycles. The molecule has 0 bridgehead atoms. The zero-order valence-electron chi connectivity index (χ0n) is 20.1. The summed E-state index contributed by atoms with van der Waals surface area (Å²) in [6.07, 6.45) is -0.804. The van der Waals surface area contributed by atoms with Crippen molar-refractivity contribution in [3.63, 3.8) is 0 Å². The number of amides is 1. The fourth-order valence-electron chi connectivity index (χ4n) is 3.61.